The van der Waals surface area contributed by atoms with E-state index in [1.54, 1.807) is 0 Å². The lowest BCUT2D eigenvalue weighted by atomic mass is 9.91. The normalized spacial score (nSPS) is 28.7. The molecule has 6 heteroatoms. The van der Waals surface area contributed by atoms with Gasteiger partial charge in [0.25, 0.3) is 0 Å². The van der Waals surface area contributed by atoms with Gasteiger partial charge in [0, 0.05) is 18.6 Å². The maximum atomic E-state index is 13.9. The van der Waals surface area contributed by atoms with Crippen LogP contribution in [0, 0.1) is 5.82 Å². The summed E-state index contributed by atoms with van der Waals surface area (Å²) >= 11 is 1.85. The van der Waals surface area contributed by atoms with E-state index < -0.39 is 11.8 Å². The molecule has 2 saturated heterocycles. The van der Waals surface area contributed by atoms with Gasteiger partial charge in [-0.15, -0.1) is 0 Å². The summed E-state index contributed by atoms with van der Waals surface area (Å²) < 4.78 is 25.5. The van der Waals surface area contributed by atoms with Crippen molar-refractivity contribution in [3.63, 3.8) is 0 Å². The Morgan fingerprint density at radius 3 is 3.10 bits per heavy atom. The maximum Gasteiger partial charge on any atom is 0.339 e. The molecule has 0 bridgehead atoms. The first-order valence-electron chi connectivity index (χ1n) is 7.00. The Hall–Kier alpha value is -1.27. The second kappa shape index (κ2) is 5.85. The molecule has 2 aliphatic heterocycles. The second-order valence-electron chi connectivity index (χ2n) is 5.49. The number of carboxylic acids is 1. The van der Waals surface area contributed by atoms with E-state index in [1.807, 2.05) is 11.8 Å². The number of hydrogen-bond acceptors (Lipinski definition) is 4. The SMILES string of the molecule is O=C(O)c1cccc(F)c1OC1CCOC2(CCSC2)C1. The van der Waals surface area contributed by atoms with Gasteiger partial charge in [0.15, 0.2) is 11.6 Å². The summed E-state index contributed by atoms with van der Waals surface area (Å²) in [5.41, 5.74) is -0.307. The highest BCUT2D eigenvalue weighted by atomic mass is 32.2. The van der Waals surface area contributed by atoms with Crippen molar-refractivity contribution in [3.8, 4) is 5.75 Å². The van der Waals surface area contributed by atoms with E-state index in [0.717, 1.165) is 17.9 Å². The summed E-state index contributed by atoms with van der Waals surface area (Å²) in [6, 6.07) is 3.97. The minimum atomic E-state index is -1.18. The van der Waals surface area contributed by atoms with Gasteiger partial charge in [-0.1, -0.05) is 6.07 Å². The number of para-hydroxylation sites is 1. The molecule has 0 saturated carbocycles. The monoisotopic (exact) mass is 312 g/mol. The van der Waals surface area contributed by atoms with E-state index in [1.165, 1.54) is 18.2 Å². The zero-order valence-electron chi connectivity index (χ0n) is 11.5. The average molecular weight is 312 g/mol. The largest absolute Gasteiger partial charge is 0.486 e. The Balaban J connectivity index is 1.79. The summed E-state index contributed by atoms with van der Waals surface area (Å²) in [5, 5.41) is 9.15. The van der Waals surface area contributed by atoms with Crippen molar-refractivity contribution >= 4 is 17.7 Å². The highest BCUT2D eigenvalue weighted by Crippen LogP contribution is 2.39. The van der Waals surface area contributed by atoms with Crippen LogP contribution in [-0.4, -0.2) is 40.9 Å². The third kappa shape index (κ3) is 3.01. The van der Waals surface area contributed by atoms with Crippen LogP contribution in [0.2, 0.25) is 0 Å². The van der Waals surface area contributed by atoms with E-state index in [2.05, 4.69) is 0 Å². The predicted octanol–water partition coefficient (Wildman–Crippen LogP) is 2.96. The lowest BCUT2D eigenvalue weighted by Crippen LogP contribution is -2.44. The van der Waals surface area contributed by atoms with E-state index in [-0.39, 0.29) is 23.0 Å². The standard InChI is InChI=1S/C15H17FO4S/c16-12-3-1-2-11(14(17)18)13(12)20-10-4-6-19-15(8-10)5-7-21-9-15/h1-3,10H,4-9H2,(H,17,18). The number of rotatable bonds is 3. The molecule has 1 N–H and O–H groups in total. The Morgan fingerprint density at radius 1 is 1.52 bits per heavy atom. The number of thioether (sulfide) groups is 1. The molecule has 1 spiro atoms. The number of benzene rings is 1. The molecule has 2 aliphatic rings. The molecule has 0 radical (unpaired) electrons. The molecule has 21 heavy (non-hydrogen) atoms. The van der Waals surface area contributed by atoms with E-state index in [4.69, 9.17) is 14.6 Å². The molecule has 0 amide bonds. The summed E-state index contributed by atoms with van der Waals surface area (Å²) in [6.07, 6.45) is 2.11. The Morgan fingerprint density at radius 2 is 2.38 bits per heavy atom. The molecule has 0 aromatic heterocycles. The van der Waals surface area contributed by atoms with Gasteiger partial charge < -0.3 is 14.6 Å². The fourth-order valence-electron chi connectivity index (χ4n) is 2.91. The maximum absolute atomic E-state index is 13.9. The highest BCUT2D eigenvalue weighted by Gasteiger charge is 2.41. The van der Waals surface area contributed by atoms with Crippen LogP contribution in [0.3, 0.4) is 0 Å². The van der Waals surface area contributed by atoms with Gasteiger partial charge in [0.05, 0.1) is 12.2 Å². The van der Waals surface area contributed by atoms with Crippen LogP contribution in [0.25, 0.3) is 0 Å². The van der Waals surface area contributed by atoms with Crippen molar-refractivity contribution in [1.29, 1.82) is 0 Å². The van der Waals surface area contributed by atoms with Crippen LogP contribution in [0.1, 0.15) is 29.6 Å². The van der Waals surface area contributed by atoms with Crippen molar-refractivity contribution in [2.45, 2.75) is 31.0 Å². The third-order valence-corrected chi connectivity index (χ3v) is 5.22. The van der Waals surface area contributed by atoms with Gasteiger partial charge in [0.2, 0.25) is 0 Å². The van der Waals surface area contributed by atoms with Gasteiger partial charge in [0.1, 0.15) is 11.7 Å². The van der Waals surface area contributed by atoms with Gasteiger partial charge in [-0.2, -0.15) is 11.8 Å². The van der Waals surface area contributed by atoms with Crippen LogP contribution in [0.4, 0.5) is 4.39 Å². The third-order valence-electron chi connectivity index (χ3n) is 4.00. The fourth-order valence-corrected chi connectivity index (χ4v) is 4.29. The number of halogens is 1. The van der Waals surface area contributed by atoms with Gasteiger partial charge in [-0.25, -0.2) is 9.18 Å². The Labute approximate surface area is 126 Å². The summed E-state index contributed by atoms with van der Waals surface area (Å²) in [6.45, 7) is 0.572. The minimum Gasteiger partial charge on any atom is -0.486 e. The second-order valence-corrected chi connectivity index (χ2v) is 6.59. The average Bonchev–Trinajstić information content (AvgIpc) is 2.89. The lowest BCUT2D eigenvalue weighted by molar-refractivity contribution is -0.0964. The van der Waals surface area contributed by atoms with Gasteiger partial charge in [-0.05, 0) is 24.3 Å². The molecule has 4 nitrogen and oxygen atoms in total. The predicted molar refractivity (Wildman–Crippen MR) is 77.6 cm³/mol. The number of ether oxygens (including phenoxy) is 2. The molecule has 2 unspecified atom stereocenters. The molecule has 2 fully saturated rings. The first-order chi connectivity index (χ1) is 10.1. The zero-order chi connectivity index (χ0) is 14.9. The fraction of sp³-hybridized carbons (Fsp3) is 0.533. The number of aromatic carboxylic acids is 1. The van der Waals surface area contributed by atoms with Crippen LogP contribution >= 0.6 is 11.8 Å². The molecular formula is C15H17FO4S. The molecule has 2 heterocycles. The summed E-state index contributed by atoms with van der Waals surface area (Å²) in [4.78, 5) is 11.2. The molecule has 3 rings (SSSR count). The van der Waals surface area contributed by atoms with Gasteiger partial charge in [-0.3, -0.25) is 0 Å². The van der Waals surface area contributed by atoms with Crippen LogP contribution < -0.4 is 4.74 Å². The van der Waals surface area contributed by atoms with Gasteiger partial charge >= 0.3 is 5.97 Å². The quantitative estimate of drug-likeness (QED) is 0.930. The Kier molecular flexibility index (Phi) is 4.08. The molecule has 1 aromatic rings. The van der Waals surface area contributed by atoms with Crippen LogP contribution in [0.15, 0.2) is 18.2 Å². The molecule has 1 aromatic carbocycles. The van der Waals surface area contributed by atoms with Crippen molar-refractivity contribution < 1.29 is 23.8 Å². The molecule has 2 atom stereocenters. The molecular weight excluding hydrogens is 295 g/mol. The lowest BCUT2D eigenvalue weighted by Gasteiger charge is -2.37. The van der Waals surface area contributed by atoms with E-state index in [0.29, 0.717) is 19.4 Å². The number of carbonyl (C=O) groups is 1. The minimum absolute atomic E-state index is 0.128. The Bertz CT molecular complexity index is 542. The smallest absolute Gasteiger partial charge is 0.339 e. The van der Waals surface area contributed by atoms with Crippen molar-refractivity contribution in [2.24, 2.45) is 0 Å². The van der Waals surface area contributed by atoms with Crippen LogP contribution in [0.5, 0.6) is 5.75 Å². The highest BCUT2D eigenvalue weighted by molar-refractivity contribution is 7.99. The van der Waals surface area contributed by atoms with Crippen molar-refractivity contribution in [1.82, 2.24) is 0 Å². The first kappa shape index (κ1) is 14.7. The molecule has 0 aliphatic carbocycles. The van der Waals surface area contributed by atoms with Crippen molar-refractivity contribution in [3.05, 3.63) is 29.6 Å². The summed E-state index contributed by atoms with van der Waals surface area (Å²) in [5.74, 6) is 0.0274. The number of carboxylic acid groups (broad SMARTS) is 1. The van der Waals surface area contributed by atoms with Crippen molar-refractivity contribution in [2.75, 3.05) is 18.1 Å². The van der Waals surface area contributed by atoms with E-state index in [9.17, 15) is 9.18 Å². The molecule has 114 valence electrons. The first-order valence-corrected chi connectivity index (χ1v) is 8.15. The zero-order valence-corrected chi connectivity index (χ0v) is 12.3. The number of hydrogen-bond donors (Lipinski definition) is 1. The topological polar surface area (TPSA) is 55.8 Å². The van der Waals surface area contributed by atoms with E-state index >= 15 is 0 Å². The van der Waals surface area contributed by atoms with Crippen LogP contribution in [-0.2, 0) is 4.74 Å². The summed E-state index contributed by atoms with van der Waals surface area (Å²) in [7, 11) is 0.